The van der Waals surface area contributed by atoms with E-state index in [4.69, 9.17) is 0 Å². The zero-order valence-corrected chi connectivity index (χ0v) is 31.3. The van der Waals surface area contributed by atoms with E-state index in [1.807, 2.05) is 11.3 Å². The lowest BCUT2D eigenvalue weighted by Gasteiger charge is -2.42. The number of anilines is 2. The Hall–Kier alpha value is -6.36. The second-order valence-corrected chi connectivity index (χ2v) is 17.1. The molecular weight excluding hydrogens is 683 g/mol. The van der Waals surface area contributed by atoms with Crippen molar-refractivity contribution in [2.75, 3.05) is 4.81 Å². The van der Waals surface area contributed by atoms with Gasteiger partial charge in [-0.15, -0.1) is 11.3 Å². The molecule has 2 aliphatic heterocycles. The molecule has 55 heavy (non-hydrogen) atoms. The van der Waals surface area contributed by atoms with Gasteiger partial charge in [0.15, 0.2) is 0 Å². The molecule has 0 saturated heterocycles. The highest BCUT2D eigenvalue weighted by Crippen LogP contribution is 2.56. The fourth-order valence-corrected chi connectivity index (χ4v) is 11.8. The number of benzene rings is 8. The third-order valence-corrected chi connectivity index (χ3v) is 14.1. The lowest BCUT2D eigenvalue weighted by atomic mass is 9.44. The molecule has 2 aromatic heterocycles. The van der Waals surface area contributed by atoms with Crippen LogP contribution in [0.3, 0.4) is 0 Å². The number of nitrogens with zero attached hydrogens (tertiary/aromatic N) is 2. The number of para-hydroxylation sites is 1. The number of hydrogen-bond acceptors (Lipinski definition) is 2. The Bertz CT molecular complexity index is 3300. The molecule has 0 bridgehead atoms. The van der Waals surface area contributed by atoms with E-state index in [-0.39, 0.29) is 12.3 Å². The Morgan fingerprint density at radius 1 is 0.564 bits per heavy atom. The van der Waals surface area contributed by atoms with Gasteiger partial charge in [0.2, 0.25) is 0 Å². The fraction of sp³-hybridized carbons (Fsp3) is 0.0588. The van der Waals surface area contributed by atoms with Gasteiger partial charge in [0.1, 0.15) is 0 Å². The molecule has 0 N–H and O–H groups in total. The van der Waals surface area contributed by atoms with Gasteiger partial charge in [-0.05, 0) is 85.9 Å². The van der Waals surface area contributed by atoms with Crippen LogP contribution in [0, 0.1) is 0 Å². The fourth-order valence-electron chi connectivity index (χ4n) is 10.6. The molecule has 3 aliphatic rings. The van der Waals surface area contributed by atoms with E-state index in [9.17, 15) is 0 Å². The number of thiophene rings is 1. The first-order chi connectivity index (χ1) is 27.1. The summed E-state index contributed by atoms with van der Waals surface area (Å²) in [6.07, 6.45) is 0. The van der Waals surface area contributed by atoms with E-state index in [2.05, 4.69) is 187 Å². The molecule has 0 saturated carbocycles. The molecular formula is C51H33BN2S. The Kier molecular flexibility index (Phi) is 5.70. The van der Waals surface area contributed by atoms with Crippen molar-refractivity contribution in [3.8, 4) is 39.2 Å². The summed E-state index contributed by atoms with van der Waals surface area (Å²) in [5.74, 6) is 0. The molecule has 0 amide bonds. The van der Waals surface area contributed by atoms with Gasteiger partial charge < -0.3 is 9.38 Å². The minimum atomic E-state index is -0.140. The molecule has 0 atom stereocenters. The second kappa shape index (κ2) is 10.4. The molecule has 256 valence electrons. The van der Waals surface area contributed by atoms with Crippen molar-refractivity contribution in [2.45, 2.75) is 19.3 Å². The van der Waals surface area contributed by atoms with Gasteiger partial charge in [-0.2, -0.15) is 0 Å². The average molecular weight is 717 g/mol. The number of aromatic nitrogens is 1. The summed E-state index contributed by atoms with van der Waals surface area (Å²) >= 11 is 1.95. The molecule has 0 fully saturated rings. The average Bonchev–Trinajstić information content (AvgIpc) is 3.86. The van der Waals surface area contributed by atoms with Crippen LogP contribution in [0.1, 0.15) is 25.0 Å². The van der Waals surface area contributed by atoms with Crippen LogP contribution in [0.2, 0.25) is 0 Å². The topological polar surface area (TPSA) is 8.17 Å². The minimum Gasteiger partial charge on any atom is -0.376 e. The lowest BCUT2D eigenvalue weighted by Crippen LogP contribution is -2.60. The van der Waals surface area contributed by atoms with E-state index in [1.54, 1.807) is 0 Å². The molecule has 4 heteroatoms. The quantitative estimate of drug-likeness (QED) is 0.162. The number of rotatable bonds is 2. The van der Waals surface area contributed by atoms with Gasteiger partial charge in [0, 0.05) is 48.8 Å². The largest absolute Gasteiger partial charge is 0.376 e. The van der Waals surface area contributed by atoms with Crippen molar-refractivity contribution < 1.29 is 0 Å². The molecule has 0 spiro atoms. The van der Waals surface area contributed by atoms with Crippen molar-refractivity contribution >= 4 is 82.3 Å². The second-order valence-electron chi connectivity index (χ2n) is 16.0. The summed E-state index contributed by atoms with van der Waals surface area (Å²) in [6.45, 7) is 4.83. The van der Waals surface area contributed by atoms with Crippen LogP contribution in [-0.2, 0) is 5.41 Å². The maximum Gasteiger partial charge on any atom is 0.333 e. The van der Waals surface area contributed by atoms with Crippen LogP contribution in [0.4, 0.5) is 11.4 Å². The van der Waals surface area contributed by atoms with E-state index >= 15 is 0 Å². The Labute approximate surface area is 323 Å². The summed E-state index contributed by atoms with van der Waals surface area (Å²) in [5, 5.41) is 6.56. The molecule has 2 nitrogen and oxygen atoms in total. The molecule has 0 radical (unpaired) electrons. The standard InChI is InChI=1S/C51H33BN2S/c1-51(2)41-20-10-8-18-36(41)48-45(51)37-19-12-21-42-47(37)53(48)49-46-39(29-40-35-17-9-11-22-44(35)55-50(40)49)38-27-32-15-6-7-16-33(32)28-43(38)54(52(42)46)34-25-23-31(24-26-34)30-13-4-3-5-14-30/h3-29H,1-2H3. The number of fused-ring (bicyclic) bond motifs is 14. The lowest BCUT2D eigenvalue weighted by molar-refractivity contribution is 0.666. The van der Waals surface area contributed by atoms with Gasteiger partial charge >= 0.3 is 6.85 Å². The van der Waals surface area contributed by atoms with E-state index in [0.717, 1.165) is 0 Å². The molecule has 10 aromatic rings. The molecule has 4 heterocycles. The van der Waals surface area contributed by atoms with Crippen LogP contribution in [0.15, 0.2) is 164 Å². The highest BCUT2D eigenvalue weighted by atomic mass is 32.1. The smallest absolute Gasteiger partial charge is 0.333 e. The van der Waals surface area contributed by atoms with E-state index in [1.165, 1.54) is 114 Å². The number of hydrogen-bond donors (Lipinski definition) is 0. The summed E-state index contributed by atoms with van der Waals surface area (Å²) in [4.78, 5) is 2.66. The Morgan fingerprint density at radius 3 is 2.13 bits per heavy atom. The molecule has 1 aliphatic carbocycles. The first kappa shape index (κ1) is 30.0. The zero-order valence-electron chi connectivity index (χ0n) is 30.5. The van der Waals surface area contributed by atoms with Crippen molar-refractivity contribution in [1.82, 2.24) is 4.57 Å². The predicted octanol–water partition coefficient (Wildman–Crippen LogP) is 12.4. The van der Waals surface area contributed by atoms with Crippen molar-refractivity contribution in [1.29, 1.82) is 0 Å². The predicted molar refractivity (Wildman–Crippen MR) is 236 cm³/mol. The van der Waals surface area contributed by atoms with Gasteiger partial charge in [-0.3, -0.25) is 0 Å². The third kappa shape index (κ3) is 3.75. The van der Waals surface area contributed by atoms with Gasteiger partial charge in [0.25, 0.3) is 0 Å². The van der Waals surface area contributed by atoms with Crippen LogP contribution in [0.5, 0.6) is 0 Å². The maximum atomic E-state index is 2.71. The highest BCUT2D eigenvalue weighted by Gasteiger charge is 2.48. The Balaban J connectivity index is 1.22. The van der Waals surface area contributed by atoms with Crippen LogP contribution >= 0.6 is 11.3 Å². The van der Waals surface area contributed by atoms with Crippen molar-refractivity contribution in [3.63, 3.8) is 0 Å². The zero-order chi connectivity index (χ0) is 36.2. The van der Waals surface area contributed by atoms with Gasteiger partial charge in [-0.1, -0.05) is 141 Å². The summed E-state index contributed by atoms with van der Waals surface area (Å²) < 4.78 is 5.41. The highest BCUT2D eigenvalue weighted by molar-refractivity contribution is 7.26. The van der Waals surface area contributed by atoms with E-state index < -0.39 is 0 Å². The first-order valence-electron chi connectivity index (χ1n) is 19.3. The van der Waals surface area contributed by atoms with Crippen molar-refractivity contribution in [2.24, 2.45) is 0 Å². The van der Waals surface area contributed by atoms with Crippen molar-refractivity contribution in [3.05, 3.63) is 175 Å². The molecule has 0 unspecified atom stereocenters. The first-order valence-corrected chi connectivity index (χ1v) is 20.1. The summed E-state index contributed by atoms with van der Waals surface area (Å²) in [6, 6.07) is 61.6. The third-order valence-electron chi connectivity index (χ3n) is 12.9. The van der Waals surface area contributed by atoms with Gasteiger partial charge in [0.05, 0.1) is 21.6 Å². The SMILES string of the molecule is CC1(C)c2ccccc2-c2c1c1cccc3c1n2-c1c2c(cc4c1sc1ccccc14)-c1cc4ccccc4cc1N(c1ccc(-c4ccccc4)cc1)B23. The monoisotopic (exact) mass is 716 g/mol. The Morgan fingerprint density at radius 2 is 1.27 bits per heavy atom. The molecule has 8 aromatic carbocycles. The minimum absolute atomic E-state index is 0.0274. The van der Waals surface area contributed by atoms with E-state index in [0.29, 0.717) is 0 Å². The van der Waals surface area contributed by atoms with Gasteiger partial charge in [-0.25, -0.2) is 0 Å². The summed E-state index contributed by atoms with van der Waals surface area (Å²) in [7, 11) is 0. The van der Waals surface area contributed by atoms with Crippen LogP contribution in [-0.4, -0.2) is 11.4 Å². The molecule has 13 rings (SSSR count). The maximum absolute atomic E-state index is 2.71. The summed E-state index contributed by atoms with van der Waals surface area (Å²) in [5.41, 5.74) is 18.4. The normalized spacial score (nSPS) is 14.4. The van der Waals surface area contributed by atoms with Crippen LogP contribution in [0.25, 0.3) is 81.0 Å². The van der Waals surface area contributed by atoms with Crippen LogP contribution < -0.4 is 15.7 Å².